The van der Waals surface area contributed by atoms with Crippen LogP contribution >= 0.6 is 11.3 Å². The van der Waals surface area contributed by atoms with Gasteiger partial charge in [0.15, 0.2) is 5.76 Å². The zero-order valence-corrected chi connectivity index (χ0v) is 20.9. The second-order valence-electron chi connectivity index (χ2n) is 9.45. The lowest BCUT2D eigenvalue weighted by atomic mass is 9.88. The van der Waals surface area contributed by atoms with Gasteiger partial charge in [-0.25, -0.2) is 4.98 Å². The summed E-state index contributed by atoms with van der Waals surface area (Å²) >= 11 is 1.64. The van der Waals surface area contributed by atoms with Gasteiger partial charge in [0.1, 0.15) is 17.0 Å². The molecule has 0 radical (unpaired) electrons. The van der Waals surface area contributed by atoms with Gasteiger partial charge in [0.05, 0.1) is 17.0 Å². The molecule has 0 spiro atoms. The number of aromatic nitrogens is 1. The Morgan fingerprint density at radius 3 is 2.69 bits per heavy atom. The minimum atomic E-state index is 0.668. The van der Waals surface area contributed by atoms with E-state index >= 15 is 0 Å². The summed E-state index contributed by atoms with van der Waals surface area (Å²) in [6, 6.07) is 23.7. The van der Waals surface area contributed by atoms with Crippen LogP contribution in [0, 0.1) is 6.92 Å². The molecule has 0 atom stereocenters. The van der Waals surface area contributed by atoms with E-state index in [4.69, 9.17) is 9.15 Å². The summed E-state index contributed by atoms with van der Waals surface area (Å²) in [6.07, 6.45) is 3.48. The quantitative estimate of drug-likeness (QED) is 0.223. The summed E-state index contributed by atoms with van der Waals surface area (Å²) in [5.74, 6) is 2.36. The monoisotopic (exact) mass is 482 g/mol. The van der Waals surface area contributed by atoms with Gasteiger partial charge in [-0.1, -0.05) is 48.5 Å². The summed E-state index contributed by atoms with van der Waals surface area (Å²) in [6.45, 7) is 6.11. The second kappa shape index (κ2) is 9.84. The second-order valence-corrected chi connectivity index (χ2v) is 10.5. The van der Waals surface area contributed by atoms with E-state index in [1.165, 1.54) is 29.2 Å². The molecule has 178 valence electrons. The molecule has 6 rings (SSSR count). The highest BCUT2D eigenvalue weighted by atomic mass is 32.1. The Morgan fingerprint density at radius 1 is 1.00 bits per heavy atom. The Hall–Kier alpha value is -3.15. The zero-order chi connectivity index (χ0) is 23.6. The number of rotatable bonds is 7. The largest absolute Gasteiger partial charge is 0.493 e. The Bertz CT molecular complexity index is 1450. The third-order valence-electron chi connectivity index (χ3n) is 7.10. The van der Waals surface area contributed by atoms with Gasteiger partial charge >= 0.3 is 0 Å². The van der Waals surface area contributed by atoms with Crippen molar-refractivity contribution in [2.45, 2.75) is 32.1 Å². The molecule has 0 saturated carbocycles. The van der Waals surface area contributed by atoms with E-state index in [0.717, 1.165) is 59.2 Å². The van der Waals surface area contributed by atoms with Crippen LogP contribution in [0.1, 0.15) is 35.8 Å². The summed E-state index contributed by atoms with van der Waals surface area (Å²) in [4.78, 5) is 7.13. The topological polar surface area (TPSA) is 38.5 Å². The molecular formula is C30H30N2O2S. The lowest BCUT2D eigenvalue weighted by molar-refractivity contribution is 0.193. The molecule has 5 aromatic rings. The van der Waals surface area contributed by atoms with Crippen molar-refractivity contribution in [3.63, 3.8) is 0 Å². The summed E-state index contributed by atoms with van der Waals surface area (Å²) in [5.41, 5.74) is 3.23. The molecule has 1 saturated heterocycles. The number of thiazole rings is 1. The first-order valence-corrected chi connectivity index (χ1v) is 13.4. The van der Waals surface area contributed by atoms with Gasteiger partial charge in [-0.2, -0.15) is 0 Å². The third-order valence-corrected chi connectivity index (χ3v) is 7.88. The molecule has 0 N–H and O–H groups in total. The average Bonchev–Trinajstić information content (AvgIpc) is 3.53. The van der Waals surface area contributed by atoms with Crippen LogP contribution in [0.15, 0.2) is 76.5 Å². The molecule has 5 heteroatoms. The number of fused-ring (bicyclic) bond motifs is 2. The van der Waals surface area contributed by atoms with E-state index in [-0.39, 0.29) is 0 Å². The molecule has 1 aliphatic heterocycles. The lowest BCUT2D eigenvalue weighted by Crippen LogP contribution is -2.34. The maximum atomic E-state index is 6.19. The highest BCUT2D eigenvalue weighted by Crippen LogP contribution is 2.34. The number of ether oxygens (including phenoxy) is 1. The normalized spacial score (nSPS) is 15.2. The van der Waals surface area contributed by atoms with Crippen LogP contribution < -0.4 is 4.74 Å². The molecule has 0 aliphatic carbocycles. The first kappa shape index (κ1) is 22.3. The van der Waals surface area contributed by atoms with Crippen molar-refractivity contribution in [3.05, 3.63) is 82.7 Å². The molecule has 3 aromatic carbocycles. The first-order valence-electron chi connectivity index (χ1n) is 12.5. The smallest absolute Gasteiger partial charge is 0.154 e. The number of piperidine rings is 1. The minimum absolute atomic E-state index is 0.668. The lowest BCUT2D eigenvalue weighted by Gasteiger charge is -2.32. The van der Waals surface area contributed by atoms with Gasteiger partial charge in [-0.05, 0) is 79.7 Å². The molecule has 0 amide bonds. The van der Waals surface area contributed by atoms with Crippen LogP contribution in [-0.4, -0.2) is 36.1 Å². The maximum absolute atomic E-state index is 6.19. The fourth-order valence-corrected chi connectivity index (χ4v) is 5.79. The Labute approximate surface area is 210 Å². The first-order chi connectivity index (χ1) is 17.2. The zero-order valence-electron chi connectivity index (χ0n) is 20.1. The molecule has 3 heterocycles. The third kappa shape index (κ3) is 4.84. The molecule has 0 bridgehead atoms. The average molecular weight is 483 g/mol. The number of furan rings is 1. The molecule has 1 aliphatic rings. The Balaban J connectivity index is 1.01. The van der Waals surface area contributed by atoms with E-state index in [1.807, 2.05) is 30.5 Å². The van der Waals surface area contributed by atoms with Crippen LogP contribution in [0.5, 0.6) is 5.75 Å². The van der Waals surface area contributed by atoms with Gasteiger partial charge in [-0.3, -0.25) is 0 Å². The highest BCUT2D eigenvalue weighted by Gasteiger charge is 2.20. The van der Waals surface area contributed by atoms with Gasteiger partial charge in [-0.15, -0.1) is 11.3 Å². The van der Waals surface area contributed by atoms with Crippen molar-refractivity contribution in [2.24, 2.45) is 0 Å². The minimum Gasteiger partial charge on any atom is -0.493 e. The van der Waals surface area contributed by atoms with Crippen LogP contribution in [-0.2, 0) is 0 Å². The fraction of sp³-hybridized carbons (Fsp3) is 0.300. The fourth-order valence-electron chi connectivity index (χ4n) is 5.18. The van der Waals surface area contributed by atoms with Gasteiger partial charge in [0.25, 0.3) is 0 Å². The molecule has 35 heavy (non-hydrogen) atoms. The Morgan fingerprint density at radius 2 is 1.86 bits per heavy atom. The standard InChI is InChI=1S/C30H30N2O2S/c1-21-31-27(20-35-21)30-19-26-28(8-4-9-29(26)34-30)33-17-5-14-32-15-12-23(13-16-32)25-11-10-22-6-2-3-7-24(22)18-25/h2-4,6-11,18-20,23H,5,12-17H2,1H3. The maximum Gasteiger partial charge on any atom is 0.154 e. The van der Waals surface area contributed by atoms with E-state index in [9.17, 15) is 0 Å². The summed E-state index contributed by atoms with van der Waals surface area (Å²) in [5, 5.41) is 6.78. The molecule has 2 aromatic heterocycles. The number of hydrogen-bond acceptors (Lipinski definition) is 5. The number of aryl methyl sites for hydroxylation is 1. The van der Waals surface area contributed by atoms with Crippen LogP contribution in [0.2, 0.25) is 0 Å². The van der Waals surface area contributed by atoms with Crippen LogP contribution in [0.3, 0.4) is 0 Å². The summed E-state index contributed by atoms with van der Waals surface area (Å²) in [7, 11) is 0. The van der Waals surface area contributed by atoms with Gasteiger partial charge in [0.2, 0.25) is 0 Å². The van der Waals surface area contributed by atoms with E-state index in [0.29, 0.717) is 12.5 Å². The van der Waals surface area contributed by atoms with Crippen LogP contribution in [0.4, 0.5) is 0 Å². The van der Waals surface area contributed by atoms with E-state index in [1.54, 1.807) is 11.3 Å². The predicted molar refractivity (Wildman–Crippen MR) is 145 cm³/mol. The molecule has 4 nitrogen and oxygen atoms in total. The van der Waals surface area contributed by atoms with E-state index in [2.05, 4.69) is 58.4 Å². The summed E-state index contributed by atoms with van der Waals surface area (Å²) < 4.78 is 12.2. The van der Waals surface area contributed by atoms with Crippen molar-refractivity contribution in [1.29, 1.82) is 0 Å². The number of nitrogens with zero attached hydrogens (tertiary/aromatic N) is 2. The van der Waals surface area contributed by atoms with Crippen molar-refractivity contribution in [2.75, 3.05) is 26.2 Å². The Kier molecular flexibility index (Phi) is 6.28. The number of benzene rings is 3. The predicted octanol–water partition coefficient (Wildman–Crippen LogP) is 7.67. The van der Waals surface area contributed by atoms with Gasteiger partial charge < -0.3 is 14.1 Å². The van der Waals surface area contributed by atoms with Crippen molar-refractivity contribution >= 4 is 33.1 Å². The molecular weight excluding hydrogens is 452 g/mol. The molecule has 1 fully saturated rings. The number of likely N-dealkylation sites (tertiary alicyclic amines) is 1. The van der Waals surface area contributed by atoms with Crippen molar-refractivity contribution in [1.82, 2.24) is 9.88 Å². The number of hydrogen-bond donors (Lipinski definition) is 0. The van der Waals surface area contributed by atoms with Crippen LogP contribution in [0.25, 0.3) is 33.2 Å². The highest BCUT2D eigenvalue weighted by molar-refractivity contribution is 7.09. The van der Waals surface area contributed by atoms with Crippen molar-refractivity contribution < 1.29 is 9.15 Å². The SMILES string of the molecule is Cc1nc(-c2cc3c(OCCCN4CCC(c5ccc6ccccc6c5)CC4)cccc3o2)cs1. The van der Waals surface area contributed by atoms with Gasteiger partial charge in [0, 0.05) is 11.9 Å². The molecule has 0 unspecified atom stereocenters. The van der Waals surface area contributed by atoms with E-state index < -0.39 is 0 Å². The van der Waals surface area contributed by atoms with Crippen molar-refractivity contribution in [3.8, 4) is 17.2 Å².